The topological polar surface area (TPSA) is 49.8 Å². The van der Waals surface area contributed by atoms with Crippen LogP contribution in [0.5, 0.6) is 0 Å². The monoisotopic (exact) mass is 170 g/mol. The van der Waals surface area contributed by atoms with Gasteiger partial charge in [0.25, 0.3) is 0 Å². The van der Waals surface area contributed by atoms with E-state index in [4.69, 9.17) is 0 Å². The molecular weight excluding hydrogens is 160 g/mol. The van der Waals surface area contributed by atoms with Gasteiger partial charge in [0, 0.05) is 12.6 Å². The molecule has 4 nitrogen and oxygen atoms in total. The SMILES string of the molecule is c1nnc(N[C@@H]2CCNC2)s1. The Morgan fingerprint density at radius 1 is 1.73 bits per heavy atom. The first-order chi connectivity index (χ1) is 5.45. The Bertz CT molecular complexity index is 204. The van der Waals surface area contributed by atoms with Crippen molar-refractivity contribution in [2.24, 2.45) is 0 Å². The molecular formula is C6H10N4S. The summed E-state index contributed by atoms with van der Waals surface area (Å²) in [5.74, 6) is 0. The van der Waals surface area contributed by atoms with E-state index in [0.717, 1.165) is 18.2 Å². The number of hydrogen-bond donors (Lipinski definition) is 2. The minimum atomic E-state index is 0.544. The fraction of sp³-hybridized carbons (Fsp3) is 0.667. The van der Waals surface area contributed by atoms with Gasteiger partial charge in [-0.05, 0) is 13.0 Å². The highest BCUT2D eigenvalue weighted by molar-refractivity contribution is 7.13. The van der Waals surface area contributed by atoms with E-state index in [9.17, 15) is 0 Å². The average molecular weight is 170 g/mol. The van der Waals surface area contributed by atoms with Crippen LogP contribution in [0.15, 0.2) is 5.51 Å². The highest BCUT2D eigenvalue weighted by atomic mass is 32.1. The highest BCUT2D eigenvalue weighted by Gasteiger charge is 2.14. The fourth-order valence-electron chi connectivity index (χ4n) is 1.19. The summed E-state index contributed by atoms with van der Waals surface area (Å²) in [6.07, 6.45) is 1.18. The molecule has 1 atom stereocenters. The molecule has 2 rings (SSSR count). The number of anilines is 1. The zero-order chi connectivity index (χ0) is 7.52. The smallest absolute Gasteiger partial charge is 0.205 e. The summed E-state index contributed by atoms with van der Waals surface area (Å²) in [5.41, 5.74) is 1.74. The first-order valence-corrected chi connectivity index (χ1v) is 4.56. The van der Waals surface area contributed by atoms with Crippen LogP contribution in [-0.2, 0) is 0 Å². The Labute approximate surface area is 69.0 Å². The summed E-state index contributed by atoms with van der Waals surface area (Å²) in [6, 6.07) is 0.544. The standard InChI is InChI=1S/C6H10N4S/c1-2-7-3-5(1)9-6-10-8-4-11-6/h4-5,7H,1-3H2,(H,9,10)/t5-/m1/s1. The summed E-state index contributed by atoms with van der Waals surface area (Å²) in [7, 11) is 0. The Morgan fingerprint density at radius 2 is 2.73 bits per heavy atom. The molecule has 0 saturated carbocycles. The van der Waals surface area contributed by atoms with Crippen molar-refractivity contribution in [2.75, 3.05) is 18.4 Å². The van der Waals surface area contributed by atoms with Crippen molar-refractivity contribution >= 4 is 16.5 Å². The third-order valence-corrected chi connectivity index (χ3v) is 2.37. The van der Waals surface area contributed by atoms with Crippen molar-refractivity contribution in [1.29, 1.82) is 0 Å². The lowest BCUT2D eigenvalue weighted by Crippen LogP contribution is -2.21. The number of aromatic nitrogens is 2. The molecule has 0 radical (unpaired) electrons. The van der Waals surface area contributed by atoms with E-state index in [1.54, 1.807) is 16.8 Å². The molecule has 1 aromatic heterocycles. The van der Waals surface area contributed by atoms with E-state index >= 15 is 0 Å². The summed E-state index contributed by atoms with van der Waals surface area (Å²) in [6.45, 7) is 2.15. The molecule has 60 valence electrons. The van der Waals surface area contributed by atoms with Crippen molar-refractivity contribution in [2.45, 2.75) is 12.5 Å². The van der Waals surface area contributed by atoms with Gasteiger partial charge in [-0.15, -0.1) is 10.2 Å². The summed E-state index contributed by atoms with van der Waals surface area (Å²) in [5, 5.41) is 15.2. The first kappa shape index (κ1) is 7.00. The van der Waals surface area contributed by atoms with Gasteiger partial charge in [0.15, 0.2) is 0 Å². The van der Waals surface area contributed by atoms with Gasteiger partial charge in [-0.1, -0.05) is 11.3 Å². The van der Waals surface area contributed by atoms with Crippen LogP contribution < -0.4 is 10.6 Å². The number of nitrogens with zero attached hydrogens (tertiary/aromatic N) is 2. The number of hydrogen-bond acceptors (Lipinski definition) is 5. The molecule has 0 unspecified atom stereocenters. The largest absolute Gasteiger partial charge is 0.356 e. The molecule has 0 bridgehead atoms. The maximum atomic E-state index is 3.91. The normalized spacial score (nSPS) is 23.8. The first-order valence-electron chi connectivity index (χ1n) is 3.68. The Morgan fingerprint density at radius 3 is 3.36 bits per heavy atom. The molecule has 0 spiro atoms. The molecule has 2 N–H and O–H groups in total. The van der Waals surface area contributed by atoms with Crippen molar-refractivity contribution < 1.29 is 0 Å². The van der Waals surface area contributed by atoms with Gasteiger partial charge in [0.05, 0.1) is 0 Å². The molecule has 0 amide bonds. The van der Waals surface area contributed by atoms with E-state index < -0.39 is 0 Å². The minimum absolute atomic E-state index is 0.544. The van der Waals surface area contributed by atoms with Gasteiger partial charge >= 0.3 is 0 Å². The number of nitrogens with one attached hydrogen (secondary N) is 2. The number of rotatable bonds is 2. The van der Waals surface area contributed by atoms with E-state index in [1.165, 1.54) is 6.42 Å². The average Bonchev–Trinajstić information content (AvgIpc) is 2.60. The van der Waals surface area contributed by atoms with Crippen LogP contribution in [-0.4, -0.2) is 29.3 Å². The Balaban J connectivity index is 1.90. The second-order valence-electron chi connectivity index (χ2n) is 2.58. The van der Waals surface area contributed by atoms with Crippen LogP contribution in [0.25, 0.3) is 0 Å². The molecule has 0 aliphatic carbocycles. The molecule has 2 heterocycles. The molecule has 1 fully saturated rings. The molecule has 1 aliphatic rings. The molecule has 1 saturated heterocycles. The van der Waals surface area contributed by atoms with Gasteiger partial charge in [-0.25, -0.2) is 0 Å². The van der Waals surface area contributed by atoms with Gasteiger partial charge < -0.3 is 10.6 Å². The van der Waals surface area contributed by atoms with Gasteiger partial charge in [0.1, 0.15) is 5.51 Å². The third kappa shape index (κ3) is 1.66. The molecule has 5 heteroatoms. The second kappa shape index (κ2) is 3.15. The van der Waals surface area contributed by atoms with Gasteiger partial charge in [-0.3, -0.25) is 0 Å². The lowest BCUT2D eigenvalue weighted by Gasteiger charge is -2.07. The van der Waals surface area contributed by atoms with Crippen LogP contribution in [0.4, 0.5) is 5.13 Å². The van der Waals surface area contributed by atoms with Crippen molar-refractivity contribution in [3.05, 3.63) is 5.51 Å². The molecule has 0 aromatic carbocycles. The van der Waals surface area contributed by atoms with Gasteiger partial charge in [0.2, 0.25) is 5.13 Å². The van der Waals surface area contributed by atoms with Crippen molar-refractivity contribution in [1.82, 2.24) is 15.5 Å². The third-order valence-electron chi connectivity index (χ3n) is 1.75. The van der Waals surface area contributed by atoms with E-state index in [1.807, 2.05) is 0 Å². The summed E-state index contributed by atoms with van der Waals surface area (Å²) in [4.78, 5) is 0. The van der Waals surface area contributed by atoms with Crippen LogP contribution in [0.3, 0.4) is 0 Å². The Hall–Kier alpha value is -0.680. The van der Waals surface area contributed by atoms with E-state index in [0.29, 0.717) is 6.04 Å². The summed E-state index contributed by atoms with van der Waals surface area (Å²) >= 11 is 1.55. The van der Waals surface area contributed by atoms with Crippen LogP contribution in [0, 0.1) is 0 Å². The predicted octanol–water partition coefficient (Wildman–Crippen LogP) is 0.312. The molecule has 11 heavy (non-hydrogen) atoms. The van der Waals surface area contributed by atoms with Gasteiger partial charge in [-0.2, -0.15) is 0 Å². The quantitative estimate of drug-likeness (QED) is 0.671. The zero-order valence-corrected chi connectivity index (χ0v) is 6.90. The summed E-state index contributed by atoms with van der Waals surface area (Å²) < 4.78 is 0. The lowest BCUT2D eigenvalue weighted by molar-refractivity contribution is 0.789. The molecule has 1 aliphatic heterocycles. The molecule has 1 aromatic rings. The van der Waals surface area contributed by atoms with Crippen LogP contribution in [0.2, 0.25) is 0 Å². The Kier molecular flexibility index (Phi) is 2.00. The minimum Gasteiger partial charge on any atom is -0.356 e. The zero-order valence-electron chi connectivity index (χ0n) is 6.08. The fourth-order valence-corrected chi connectivity index (χ4v) is 1.71. The predicted molar refractivity (Wildman–Crippen MR) is 44.8 cm³/mol. The van der Waals surface area contributed by atoms with E-state index in [-0.39, 0.29) is 0 Å². The lowest BCUT2D eigenvalue weighted by atomic mass is 10.3. The van der Waals surface area contributed by atoms with Crippen LogP contribution >= 0.6 is 11.3 Å². The maximum Gasteiger partial charge on any atom is 0.205 e. The van der Waals surface area contributed by atoms with Crippen LogP contribution in [0.1, 0.15) is 6.42 Å². The highest BCUT2D eigenvalue weighted by Crippen LogP contribution is 2.12. The van der Waals surface area contributed by atoms with Crippen molar-refractivity contribution in [3.8, 4) is 0 Å². The van der Waals surface area contributed by atoms with Crippen molar-refractivity contribution in [3.63, 3.8) is 0 Å². The second-order valence-corrected chi connectivity index (χ2v) is 3.41. The van der Waals surface area contributed by atoms with E-state index in [2.05, 4.69) is 20.8 Å². The maximum absolute atomic E-state index is 3.91.